The molecule has 0 amide bonds. The van der Waals surface area contributed by atoms with E-state index in [9.17, 15) is 22.8 Å². The van der Waals surface area contributed by atoms with Crippen LogP contribution in [0, 0.1) is 0 Å². The van der Waals surface area contributed by atoms with Gasteiger partial charge in [0.25, 0.3) is 0 Å². The van der Waals surface area contributed by atoms with Crippen molar-refractivity contribution in [2.24, 2.45) is 0 Å². The molecule has 0 aliphatic heterocycles. The molecule has 156 valence electrons. The van der Waals surface area contributed by atoms with Gasteiger partial charge in [0.15, 0.2) is 5.78 Å². The average molecular weight is 423 g/mol. The molecule has 0 bridgehead atoms. The molecule has 7 heteroatoms. The lowest BCUT2D eigenvalue weighted by molar-refractivity contribution is -0.137. The van der Waals surface area contributed by atoms with Crippen LogP contribution in [-0.4, -0.2) is 11.6 Å². The van der Waals surface area contributed by atoms with Gasteiger partial charge in [0, 0.05) is 22.9 Å². The number of alkyl halides is 3. The number of carbonyl (C=O) groups excluding carboxylic acids is 2. The van der Waals surface area contributed by atoms with Crippen molar-refractivity contribution >= 4 is 17.3 Å². The first-order valence-corrected chi connectivity index (χ1v) is 9.37. The third-order valence-corrected chi connectivity index (χ3v) is 4.78. The summed E-state index contributed by atoms with van der Waals surface area (Å²) < 4.78 is 43.4. The molecule has 4 rings (SSSR count). The van der Waals surface area contributed by atoms with E-state index < -0.39 is 11.7 Å². The molecule has 0 radical (unpaired) electrons. The second-order valence-corrected chi connectivity index (χ2v) is 6.93. The van der Waals surface area contributed by atoms with Crippen LogP contribution in [0.3, 0.4) is 0 Å². The number of anilines is 1. The summed E-state index contributed by atoms with van der Waals surface area (Å²) in [4.78, 5) is 24.8. The van der Waals surface area contributed by atoms with Crippen molar-refractivity contribution in [3.05, 3.63) is 107 Å². The minimum Gasteiger partial charge on any atom is -0.489 e. The zero-order valence-corrected chi connectivity index (χ0v) is 16.1. The highest BCUT2D eigenvalue weighted by atomic mass is 19.4. The number of rotatable bonds is 5. The second-order valence-electron chi connectivity index (χ2n) is 6.93. The number of fused-ring (bicyclic) bond motifs is 1. The molecule has 3 aromatic rings. The molecule has 3 aromatic carbocycles. The minimum atomic E-state index is -4.37. The Morgan fingerprint density at radius 2 is 1.45 bits per heavy atom. The van der Waals surface area contributed by atoms with E-state index in [0.29, 0.717) is 28.1 Å². The first-order valence-electron chi connectivity index (χ1n) is 9.37. The summed E-state index contributed by atoms with van der Waals surface area (Å²) in [6, 6.07) is 18.1. The van der Waals surface area contributed by atoms with E-state index in [1.165, 1.54) is 18.2 Å². The van der Waals surface area contributed by atoms with Gasteiger partial charge in [-0.15, -0.1) is 0 Å². The SMILES string of the molecule is O=C1C=C(Nc2ccc(OCc3ccc(C(F)(F)F)cc3)cc2)C(=O)c2ccccc21. The van der Waals surface area contributed by atoms with Crippen LogP contribution in [0.25, 0.3) is 0 Å². The normalized spacial score (nSPS) is 13.5. The second kappa shape index (κ2) is 8.10. The van der Waals surface area contributed by atoms with Gasteiger partial charge < -0.3 is 10.1 Å². The van der Waals surface area contributed by atoms with E-state index >= 15 is 0 Å². The third kappa shape index (κ3) is 4.50. The number of allylic oxidation sites excluding steroid dienone is 2. The van der Waals surface area contributed by atoms with Crippen molar-refractivity contribution in [3.63, 3.8) is 0 Å². The predicted molar refractivity (Wildman–Crippen MR) is 109 cm³/mol. The van der Waals surface area contributed by atoms with Gasteiger partial charge in [-0.2, -0.15) is 13.2 Å². The van der Waals surface area contributed by atoms with Crippen LogP contribution in [-0.2, 0) is 12.8 Å². The van der Waals surface area contributed by atoms with E-state index in [0.717, 1.165) is 12.1 Å². The molecule has 0 fully saturated rings. The molecular weight excluding hydrogens is 407 g/mol. The van der Waals surface area contributed by atoms with Crippen molar-refractivity contribution < 1.29 is 27.5 Å². The molecule has 1 N–H and O–H groups in total. The van der Waals surface area contributed by atoms with Gasteiger partial charge in [0.1, 0.15) is 12.4 Å². The van der Waals surface area contributed by atoms with Crippen LogP contribution in [0.4, 0.5) is 18.9 Å². The van der Waals surface area contributed by atoms with E-state index in [1.807, 2.05) is 0 Å². The summed E-state index contributed by atoms with van der Waals surface area (Å²) >= 11 is 0. The number of Topliss-reactive ketones (excluding diaryl/α,β-unsaturated/α-hetero) is 1. The molecule has 0 saturated carbocycles. The molecule has 0 heterocycles. The van der Waals surface area contributed by atoms with E-state index in [1.54, 1.807) is 48.5 Å². The van der Waals surface area contributed by atoms with Crippen molar-refractivity contribution in [2.45, 2.75) is 12.8 Å². The van der Waals surface area contributed by atoms with E-state index in [-0.39, 0.29) is 23.9 Å². The summed E-state index contributed by atoms with van der Waals surface area (Å²) in [6.45, 7) is 0.111. The first-order chi connectivity index (χ1) is 14.8. The number of hydrogen-bond acceptors (Lipinski definition) is 4. The monoisotopic (exact) mass is 423 g/mol. The lowest BCUT2D eigenvalue weighted by Crippen LogP contribution is -2.21. The van der Waals surface area contributed by atoms with Crippen LogP contribution >= 0.6 is 0 Å². The minimum absolute atomic E-state index is 0.111. The topological polar surface area (TPSA) is 55.4 Å². The fourth-order valence-electron chi connectivity index (χ4n) is 3.15. The highest BCUT2D eigenvalue weighted by Crippen LogP contribution is 2.29. The summed E-state index contributed by atoms with van der Waals surface area (Å²) in [5, 5.41) is 2.95. The Hall–Kier alpha value is -3.87. The van der Waals surface area contributed by atoms with Crippen LogP contribution in [0.15, 0.2) is 84.6 Å². The molecular formula is C24H16F3NO3. The van der Waals surface area contributed by atoms with E-state index in [4.69, 9.17) is 4.74 Å². The molecule has 4 nitrogen and oxygen atoms in total. The Bertz CT molecular complexity index is 1160. The first kappa shape index (κ1) is 20.4. The molecule has 31 heavy (non-hydrogen) atoms. The summed E-state index contributed by atoms with van der Waals surface area (Å²) in [5.74, 6) is 0.00263. The van der Waals surface area contributed by atoms with Crippen LogP contribution in [0.1, 0.15) is 31.8 Å². The van der Waals surface area contributed by atoms with Crippen molar-refractivity contribution in [1.29, 1.82) is 0 Å². The fourth-order valence-corrected chi connectivity index (χ4v) is 3.15. The third-order valence-electron chi connectivity index (χ3n) is 4.78. The number of hydrogen-bond donors (Lipinski definition) is 1. The molecule has 0 saturated heterocycles. The predicted octanol–water partition coefficient (Wildman–Crippen LogP) is 5.66. The lowest BCUT2D eigenvalue weighted by Gasteiger charge is -2.16. The zero-order valence-electron chi connectivity index (χ0n) is 16.1. The Kier molecular flexibility index (Phi) is 5.33. The molecule has 1 aliphatic rings. The van der Waals surface area contributed by atoms with Crippen molar-refractivity contribution in [1.82, 2.24) is 0 Å². The van der Waals surface area contributed by atoms with Crippen LogP contribution < -0.4 is 10.1 Å². The van der Waals surface area contributed by atoms with Gasteiger partial charge in [-0.25, -0.2) is 0 Å². The van der Waals surface area contributed by atoms with Gasteiger partial charge in [-0.1, -0.05) is 36.4 Å². The van der Waals surface area contributed by atoms with Crippen LogP contribution in [0.2, 0.25) is 0 Å². The highest BCUT2D eigenvalue weighted by Gasteiger charge is 2.30. The zero-order chi connectivity index (χ0) is 22.0. The lowest BCUT2D eigenvalue weighted by atomic mass is 9.92. The summed E-state index contributed by atoms with van der Waals surface area (Å²) in [5.41, 5.74) is 1.40. The highest BCUT2D eigenvalue weighted by molar-refractivity contribution is 6.25. The van der Waals surface area contributed by atoms with Crippen LogP contribution in [0.5, 0.6) is 5.75 Å². The molecule has 0 unspecified atom stereocenters. The van der Waals surface area contributed by atoms with Gasteiger partial charge in [0.05, 0.1) is 11.3 Å². The maximum absolute atomic E-state index is 12.6. The van der Waals surface area contributed by atoms with Gasteiger partial charge in [0.2, 0.25) is 5.78 Å². The van der Waals surface area contributed by atoms with Crippen molar-refractivity contribution in [2.75, 3.05) is 5.32 Å². The number of halogens is 3. The number of ether oxygens (including phenoxy) is 1. The summed E-state index contributed by atoms with van der Waals surface area (Å²) in [6.07, 6.45) is -3.09. The van der Waals surface area contributed by atoms with Gasteiger partial charge in [-0.3, -0.25) is 9.59 Å². The number of ketones is 2. The van der Waals surface area contributed by atoms with Gasteiger partial charge in [-0.05, 0) is 42.0 Å². The van der Waals surface area contributed by atoms with Gasteiger partial charge >= 0.3 is 6.18 Å². The smallest absolute Gasteiger partial charge is 0.416 e. The number of benzene rings is 3. The Morgan fingerprint density at radius 1 is 0.806 bits per heavy atom. The molecule has 1 aliphatic carbocycles. The Morgan fingerprint density at radius 3 is 2.10 bits per heavy atom. The standard InChI is InChI=1S/C24H16F3NO3/c25-24(26,27)16-7-5-15(6-8-16)14-31-18-11-9-17(10-12-18)28-21-13-22(29)19-3-1-2-4-20(19)23(21)30/h1-13,28H,14H2. The molecule has 0 aromatic heterocycles. The Balaban J connectivity index is 1.39. The maximum atomic E-state index is 12.6. The largest absolute Gasteiger partial charge is 0.489 e. The Labute approximate surface area is 176 Å². The molecule has 0 spiro atoms. The van der Waals surface area contributed by atoms with Crippen molar-refractivity contribution in [3.8, 4) is 5.75 Å². The average Bonchev–Trinajstić information content (AvgIpc) is 2.76. The summed E-state index contributed by atoms with van der Waals surface area (Å²) in [7, 11) is 0. The number of carbonyl (C=O) groups is 2. The number of nitrogens with one attached hydrogen (secondary N) is 1. The quantitative estimate of drug-likeness (QED) is 0.575. The van der Waals surface area contributed by atoms with E-state index in [2.05, 4.69) is 5.32 Å². The fraction of sp³-hybridized carbons (Fsp3) is 0.0833. The molecule has 0 atom stereocenters. The maximum Gasteiger partial charge on any atom is 0.416 e.